The monoisotopic (exact) mass is 440 g/mol. The van der Waals surface area contributed by atoms with Crippen LogP contribution in [0, 0.1) is 5.92 Å². The van der Waals surface area contributed by atoms with Crippen LogP contribution in [0.15, 0.2) is 35.4 Å². The van der Waals surface area contributed by atoms with Crippen molar-refractivity contribution in [2.45, 2.75) is 37.8 Å². The molecule has 9 heteroatoms. The molecule has 1 saturated heterocycles. The number of hydrogen-bond acceptors (Lipinski definition) is 7. The van der Waals surface area contributed by atoms with Crippen molar-refractivity contribution in [3.05, 3.63) is 40.9 Å². The van der Waals surface area contributed by atoms with Gasteiger partial charge in [0.15, 0.2) is 0 Å². The third-order valence-corrected chi connectivity index (χ3v) is 7.01. The van der Waals surface area contributed by atoms with Gasteiger partial charge in [-0.15, -0.1) is 0 Å². The molecule has 1 aliphatic heterocycles. The van der Waals surface area contributed by atoms with Gasteiger partial charge < -0.3 is 14.7 Å². The minimum atomic E-state index is -1.03. The van der Waals surface area contributed by atoms with E-state index in [0.717, 1.165) is 29.9 Å². The van der Waals surface area contributed by atoms with Gasteiger partial charge in [0.1, 0.15) is 21.7 Å². The van der Waals surface area contributed by atoms with Crippen molar-refractivity contribution in [1.29, 1.82) is 0 Å². The maximum Gasteiger partial charge on any atom is 0.273 e. The molecule has 0 atom stereocenters. The topological polar surface area (TPSA) is 97.5 Å². The van der Waals surface area contributed by atoms with E-state index in [-0.39, 0.29) is 23.9 Å². The quantitative estimate of drug-likeness (QED) is 0.654. The van der Waals surface area contributed by atoms with Gasteiger partial charge in [-0.1, -0.05) is 12.1 Å². The zero-order valence-corrected chi connectivity index (χ0v) is 18.1. The lowest BCUT2D eigenvalue weighted by Gasteiger charge is -2.38. The van der Waals surface area contributed by atoms with Gasteiger partial charge in [-0.05, 0) is 49.3 Å². The Bertz CT molecular complexity index is 1190. The number of methoxy groups -OCH3 is 1. The summed E-state index contributed by atoms with van der Waals surface area (Å²) in [5, 5.41) is 11.1. The lowest BCUT2D eigenvalue weighted by molar-refractivity contribution is -0.137. The second-order valence-electron chi connectivity index (χ2n) is 8.44. The van der Waals surface area contributed by atoms with Crippen molar-refractivity contribution in [3.8, 4) is 17.0 Å². The van der Waals surface area contributed by atoms with Crippen LogP contribution in [0.1, 0.15) is 25.7 Å². The van der Waals surface area contributed by atoms with Gasteiger partial charge in [0.2, 0.25) is 5.91 Å². The van der Waals surface area contributed by atoms with Gasteiger partial charge in [-0.25, -0.2) is 4.98 Å². The Balaban J connectivity index is 1.37. The van der Waals surface area contributed by atoms with Gasteiger partial charge in [-0.2, -0.15) is 4.37 Å². The van der Waals surface area contributed by atoms with E-state index in [2.05, 4.69) is 9.36 Å². The van der Waals surface area contributed by atoms with Gasteiger partial charge in [-0.3, -0.25) is 14.2 Å². The fraction of sp³-hybridized carbons (Fsp3) is 0.455. The lowest BCUT2D eigenvalue weighted by Crippen LogP contribution is -2.50. The molecule has 3 heterocycles. The van der Waals surface area contributed by atoms with Crippen LogP contribution < -0.4 is 10.3 Å². The minimum absolute atomic E-state index is 0.159. The molecule has 1 N–H and O–H groups in total. The molecule has 2 aliphatic rings. The van der Waals surface area contributed by atoms with Crippen LogP contribution in [0.25, 0.3) is 21.5 Å². The number of aliphatic hydroxyl groups is 1. The van der Waals surface area contributed by atoms with E-state index >= 15 is 0 Å². The predicted molar refractivity (Wildman–Crippen MR) is 117 cm³/mol. The maximum atomic E-state index is 13.1. The van der Waals surface area contributed by atoms with Crippen molar-refractivity contribution in [2.75, 3.05) is 20.2 Å². The Morgan fingerprint density at radius 1 is 1.32 bits per heavy atom. The van der Waals surface area contributed by atoms with Gasteiger partial charge >= 0.3 is 0 Å². The number of aromatic nitrogens is 3. The highest BCUT2D eigenvalue weighted by molar-refractivity contribution is 7.13. The van der Waals surface area contributed by atoms with Crippen LogP contribution in [-0.4, -0.2) is 55.6 Å². The van der Waals surface area contributed by atoms with Crippen LogP contribution in [0.2, 0.25) is 0 Å². The van der Waals surface area contributed by atoms with Gasteiger partial charge in [0.25, 0.3) is 5.56 Å². The largest absolute Gasteiger partial charge is 0.497 e. The molecule has 0 unspecified atom stereocenters. The summed E-state index contributed by atoms with van der Waals surface area (Å²) in [5.74, 6) is 1.10. The van der Waals surface area contributed by atoms with E-state index in [0.29, 0.717) is 47.6 Å². The highest BCUT2D eigenvalue weighted by Gasteiger charge is 2.39. The summed E-state index contributed by atoms with van der Waals surface area (Å²) in [6, 6.07) is 7.49. The summed E-state index contributed by atoms with van der Waals surface area (Å²) in [7, 11) is 1.60. The van der Waals surface area contributed by atoms with Gasteiger partial charge in [0, 0.05) is 24.6 Å². The molecule has 0 spiro atoms. The Labute approximate surface area is 183 Å². The Hall–Kier alpha value is -2.78. The molecule has 1 aromatic carbocycles. The smallest absolute Gasteiger partial charge is 0.273 e. The molecule has 0 bridgehead atoms. The fourth-order valence-electron chi connectivity index (χ4n) is 4.14. The molecule has 0 radical (unpaired) electrons. The molecule has 8 nitrogen and oxygen atoms in total. The number of ether oxygens (including phenoxy) is 1. The van der Waals surface area contributed by atoms with Crippen molar-refractivity contribution in [3.63, 3.8) is 0 Å². The number of piperidine rings is 1. The highest BCUT2D eigenvalue weighted by atomic mass is 32.1. The first-order valence-electron chi connectivity index (χ1n) is 10.5. The molecule has 2 fully saturated rings. The number of nitrogens with zero attached hydrogens (tertiary/aromatic N) is 4. The summed E-state index contributed by atoms with van der Waals surface area (Å²) in [6.07, 6.45) is 4.35. The van der Waals surface area contributed by atoms with Crippen LogP contribution >= 0.6 is 11.5 Å². The van der Waals surface area contributed by atoms with E-state index in [9.17, 15) is 14.7 Å². The second kappa shape index (κ2) is 7.72. The predicted octanol–water partition coefficient (Wildman–Crippen LogP) is 2.29. The zero-order chi connectivity index (χ0) is 21.6. The van der Waals surface area contributed by atoms with Crippen LogP contribution in [0.3, 0.4) is 0 Å². The second-order valence-corrected chi connectivity index (χ2v) is 9.22. The van der Waals surface area contributed by atoms with E-state index in [1.807, 2.05) is 29.2 Å². The molecular weight excluding hydrogens is 416 g/mol. The molecule has 5 rings (SSSR count). The normalized spacial score (nSPS) is 18.3. The third-order valence-electron chi connectivity index (χ3n) is 6.19. The number of hydrogen-bond donors (Lipinski definition) is 1. The Kier molecular flexibility index (Phi) is 5.02. The van der Waals surface area contributed by atoms with Crippen molar-refractivity contribution in [1.82, 2.24) is 18.8 Å². The number of amides is 1. The molecule has 3 aromatic rings. The molecule has 31 heavy (non-hydrogen) atoms. The van der Waals surface area contributed by atoms with E-state index in [4.69, 9.17) is 4.74 Å². The van der Waals surface area contributed by atoms with Crippen molar-refractivity contribution >= 4 is 27.7 Å². The standard InChI is InChI=1S/C22H24N4O4S/c1-30-16-4-2-3-15(11-16)17-18-19(31-24-17)21(28)26(13-23-18)12-22(29)7-9-25(10-8-22)20(27)14-5-6-14/h2-4,11,13-14,29H,5-10,12H2,1H3. The molecule has 1 aliphatic carbocycles. The number of fused-ring (bicyclic) bond motifs is 1. The molecule has 162 valence electrons. The summed E-state index contributed by atoms with van der Waals surface area (Å²) >= 11 is 1.12. The summed E-state index contributed by atoms with van der Waals surface area (Å²) in [4.78, 5) is 31.7. The minimum Gasteiger partial charge on any atom is -0.497 e. The summed E-state index contributed by atoms with van der Waals surface area (Å²) in [6.45, 7) is 1.21. The average molecular weight is 441 g/mol. The van der Waals surface area contributed by atoms with E-state index < -0.39 is 5.60 Å². The molecule has 2 aromatic heterocycles. The number of benzene rings is 1. The summed E-state index contributed by atoms with van der Waals surface area (Å²) < 4.78 is 11.7. The summed E-state index contributed by atoms with van der Waals surface area (Å²) in [5.41, 5.74) is 0.799. The number of carbonyl (C=O) groups is 1. The number of rotatable bonds is 5. The van der Waals surface area contributed by atoms with Crippen molar-refractivity contribution in [2.24, 2.45) is 5.92 Å². The first kappa shape index (κ1) is 20.1. The van der Waals surface area contributed by atoms with E-state index in [1.54, 1.807) is 7.11 Å². The fourth-order valence-corrected chi connectivity index (χ4v) is 4.94. The Morgan fingerprint density at radius 3 is 2.81 bits per heavy atom. The van der Waals surface area contributed by atoms with E-state index in [1.165, 1.54) is 10.9 Å². The maximum absolute atomic E-state index is 13.1. The number of likely N-dealkylation sites (tertiary alicyclic amines) is 1. The molecular formula is C22H24N4O4S. The third kappa shape index (κ3) is 3.83. The van der Waals surface area contributed by atoms with Crippen LogP contribution in [-0.2, 0) is 11.3 Å². The van der Waals surface area contributed by atoms with Crippen molar-refractivity contribution < 1.29 is 14.6 Å². The lowest BCUT2D eigenvalue weighted by atomic mass is 9.91. The first-order valence-corrected chi connectivity index (χ1v) is 11.3. The first-order chi connectivity index (χ1) is 15.0. The van der Waals surface area contributed by atoms with Crippen LogP contribution in [0.5, 0.6) is 5.75 Å². The zero-order valence-electron chi connectivity index (χ0n) is 17.3. The molecule has 1 saturated carbocycles. The van der Waals surface area contributed by atoms with Crippen LogP contribution in [0.4, 0.5) is 0 Å². The van der Waals surface area contributed by atoms with Gasteiger partial charge in [0.05, 0.1) is 25.6 Å². The SMILES string of the molecule is COc1cccc(-c2nsc3c(=O)n(CC4(O)CCN(C(=O)C5CC5)CC4)cnc23)c1. The highest BCUT2D eigenvalue weighted by Crippen LogP contribution is 2.34. The average Bonchev–Trinajstić information content (AvgIpc) is 3.54. The molecule has 1 amide bonds. The Morgan fingerprint density at radius 2 is 2.10 bits per heavy atom. The number of carbonyl (C=O) groups excluding carboxylic acids is 1.